The first-order chi connectivity index (χ1) is 9.59. The van der Waals surface area contributed by atoms with E-state index < -0.39 is 0 Å². The minimum absolute atomic E-state index is 0.114. The highest BCUT2D eigenvalue weighted by Crippen LogP contribution is 2.18. The van der Waals surface area contributed by atoms with Gasteiger partial charge in [-0.25, -0.2) is 0 Å². The maximum absolute atomic E-state index is 12.1. The molecule has 0 bridgehead atoms. The summed E-state index contributed by atoms with van der Waals surface area (Å²) in [6, 6.07) is 7.86. The maximum Gasteiger partial charge on any atom is 0.220 e. The average molecular weight is 342 g/mol. The lowest BCUT2D eigenvalue weighted by atomic mass is 9.95. The van der Waals surface area contributed by atoms with Gasteiger partial charge >= 0.3 is 0 Å². The molecule has 1 amide bonds. The molecule has 0 saturated heterocycles. The van der Waals surface area contributed by atoms with Crippen LogP contribution in [0.2, 0.25) is 0 Å². The molecule has 0 heterocycles. The highest BCUT2D eigenvalue weighted by atomic mass is 79.9. The maximum atomic E-state index is 12.1. The lowest BCUT2D eigenvalue weighted by Crippen LogP contribution is -2.49. The van der Waals surface area contributed by atoms with E-state index in [9.17, 15) is 4.79 Å². The molecule has 112 valence electrons. The molecule has 0 atom stereocenters. The van der Waals surface area contributed by atoms with Crippen molar-refractivity contribution < 1.29 is 9.53 Å². The minimum Gasteiger partial charge on any atom is -0.497 e. The molecule has 1 aromatic carbocycles. The fourth-order valence-electron chi connectivity index (χ4n) is 2.06. The highest BCUT2D eigenvalue weighted by molar-refractivity contribution is 9.09. The van der Waals surface area contributed by atoms with E-state index in [2.05, 4.69) is 35.1 Å². The monoisotopic (exact) mass is 341 g/mol. The second-order valence-corrected chi connectivity index (χ2v) is 5.58. The lowest BCUT2D eigenvalue weighted by Gasteiger charge is -2.31. The number of methoxy groups -OCH3 is 1. The Kier molecular flexibility index (Phi) is 7.06. The number of rotatable bonds is 8. The van der Waals surface area contributed by atoms with E-state index in [4.69, 9.17) is 4.74 Å². The van der Waals surface area contributed by atoms with E-state index in [1.165, 1.54) is 0 Å². The molecule has 0 aliphatic rings. The Labute approximate surface area is 130 Å². The van der Waals surface area contributed by atoms with Crippen LogP contribution in [0.3, 0.4) is 0 Å². The van der Waals surface area contributed by atoms with Crippen LogP contribution in [0.1, 0.15) is 38.7 Å². The van der Waals surface area contributed by atoms with Gasteiger partial charge in [-0.05, 0) is 37.0 Å². The number of halogens is 1. The van der Waals surface area contributed by atoms with E-state index in [1.54, 1.807) is 7.11 Å². The van der Waals surface area contributed by atoms with Crippen LogP contribution in [0.15, 0.2) is 24.3 Å². The van der Waals surface area contributed by atoms with E-state index >= 15 is 0 Å². The van der Waals surface area contributed by atoms with Crippen LogP contribution < -0.4 is 10.1 Å². The van der Waals surface area contributed by atoms with Gasteiger partial charge in [-0.3, -0.25) is 4.79 Å². The van der Waals surface area contributed by atoms with Gasteiger partial charge < -0.3 is 10.1 Å². The van der Waals surface area contributed by atoms with Crippen LogP contribution >= 0.6 is 15.9 Å². The molecule has 0 aromatic heterocycles. The van der Waals surface area contributed by atoms with Gasteiger partial charge in [0.05, 0.1) is 7.11 Å². The van der Waals surface area contributed by atoms with Crippen molar-refractivity contribution in [1.29, 1.82) is 0 Å². The number of carbonyl (C=O) groups is 1. The fourth-order valence-corrected chi connectivity index (χ4v) is 2.99. The SMILES string of the molecule is CCC(CC)(CBr)NC(=O)CCc1ccc(OC)cc1. The summed E-state index contributed by atoms with van der Waals surface area (Å²) in [4.78, 5) is 12.1. The number of nitrogens with one attached hydrogen (secondary N) is 1. The van der Waals surface area contributed by atoms with Crippen LogP contribution in [0.25, 0.3) is 0 Å². The Balaban J connectivity index is 2.50. The van der Waals surface area contributed by atoms with Gasteiger partial charge in [0, 0.05) is 17.3 Å². The first kappa shape index (κ1) is 17.0. The molecule has 0 aliphatic heterocycles. The summed E-state index contributed by atoms with van der Waals surface area (Å²) >= 11 is 3.51. The lowest BCUT2D eigenvalue weighted by molar-refractivity contribution is -0.122. The van der Waals surface area contributed by atoms with Gasteiger partial charge in [0.15, 0.2) is 0 Å². The summed E-state index contributed by atoms with van der Waals surface area (Å²) < 4.78 is 5.12. The Morgan fingerprint density at radius 3 is 2.30 bits per heavy atom. The predicted molar refractivity (Wildman–Crippen MR) is 86.6 cm³/mol. The molecule has 3 nitrogen and oxygen atoms in total. The number of ether oxygens (including phenoxy) is 1. The summed E-state index contributed by atoms with van der Waals surface area (Å²) in [7, 11) is 1.65. The van der Waals surface area contributed by atoms with Crippen molar-refractivity contribution in [3.63, 3.8) is 0 Å². The van der Waals surface area contributed by atoms with Crippen molar-refractivity contribution in [2.24, 2.45) is 0 Å². The zero-order valence-corrected chi connectivity index (χ0v) is 14.1. The Morgan fingerprint density at radius 1 is 1.25 bits per heavy atom. The fraction of sp³-hybridized carbons (Fsp3) is 0.562. The molecule has 1 aromatic rings. The van der Waals surface area contributed by atoms with Crippen molar-refractivity contribution in [3.05, 3.63) is 29.8 Å². The largest absolute Gasteiger partial charge is 0.497 e. The Hall–Kier alpha value is -1.03. The molecule has 0 unspecified atom stereocenters. The number of amides is 1. The summed E-state index contributed by atoms with van der Waals surface area (Å²) in [5, 5.41) is 3.95. The summed E-state index contributed by atoms with van der Waals surface area (Å²) in [5.41, 5.74) is 1.04. The van der Waals surface area contributed by atoms with E-state index in [1.807, 2.05) is 24.3 Å². The predicted octanol–water partition coefficient (Wildman–Crippen LogP) is 3.70. The standard InChI is InChI=1S/C16H24BrNO2/c1-4-16(5-2,12-17)18-15(19)11-8-13-6-9-14(20-3)10-7-13/h6-7,9-10H,4-5,8,11-12H2,1-3H3,(H,18,19). The molecule has 1 N–H and O–H groups in total. The topological polar surface area (TPSA) is 38.3 Å². The van der Waals surface area contributed by atoms with Crippen molar-refractivity contribution in [1.82, 2.24) is 5.32 Å². The second-order valence-electron chi connectivity index (χ2n) is 5.02. The van der Waals surface area contributed by atoms with Crippen LogP contribution in [-0.4, -0.2) is 23.9 Å². The van der Waals surface area contributed by atoms with Gasteiger partial charge in [-0.15, -0.1) is 0 Å². The molecule has 0 aliphatic carbocycles. The molecular formula is C16H24BrNO2. The minimum atomic E-state index is -0.114. The Morgan fingerprint density at radius 2 is 1.85 bits per heavy atom. The van der Waals surface area contributed by atoms with E-state index in [0.29, 0.717) is 6.42 Å². The molecule has 1 rings (SSSR count). The molecule has 4 heteroatoms. The first-order valence-corrected chi connectivity index (χ1v) is 8.21. The van der Waals surface area contributed by atoms with Crippen molar-refractivity contribution in [3.8, 4) is 5.75 Å². The normalized spacial score (nSPS) is 11.2. The quantitative estimate of drug-likeness (QED) is 0.732. The third-order valence-corrected chi connectivity index (χ3v) is 4.89. The van der Waals surface area contributed by atoms with Crippen LogP contribution in [0.4, 0.5) is 0 Å². The van der Waals surface area contributed by atoms with Gasteiger partial charge in [-0.1, -0.05) is 41.9 Å². The highest BCUT2D eigenvalue weighted by Gasteiger charge is 2.26. The summed E-state index contributed by atoms with van der Waals surface area (Å²) in [6.07, 6.45) is 3.13. The molecule has 20 heavy (non-hydrogen) atoms. The summed E-state index contributed by atoms with van der Waals surface area (Å²) in [5.74, 6) is 0.956. The van der Waals surface area contributed by atoms with Gasteiger partial charge in [0.2, 0.25) is 5.91 Å². The molecule has 0 radical (unpaired) electrons. The third kappa shape index (κ3) is 4.82. The van der Waals surface area contributed by atoms with E-state index in [0.717, 1.165) is 35.9 Å². The smallest absolute Gasteiger partial charge is 0.220 e. The summed E-state index contributed by atoms with van der Waals surface area (Å²) in [6.45, 7) is 4.21. The number of carbonyl (C=O) groups excluding carboxylic acids is 1. The number of hydrogen-bond donors (Lipinski definition) is 1. The number of hydrogen-bond acceptors (Lipinski definition) is 2. The first-order valence-electron chi connectivity index (χ1n) is 7.09. The third-order valence-electron chi connectivity index (χ3n) is 3.81. The second kappa shape index (κ2) is 8.30. The van der Waals surface area contributed by atoms with E-state index in [-0.39, 0.29) is 11.4 Å². The van der Waals surface area contributed by atoms with Crippen molar-refractivity contribution in [2.75, 3.05) is 12.4 Å². The number of alkyl halides is 1. The van der Waals surface area contributed by atoms with Crippen LogP contribution in [-0.2, 0) is 11.2 Å². The number of aryl methyl sites for hydroxylation is 1. The Bertz CT molecular complexity index is 405. The van der Waals surface area contributed by atoms with Gasteiger partial charge in [0.25, 0.3) is 0 Å². The molecular weight excluding hydrogens is 318 g/mol. The average Bonchev–Trinajstić information content (AvgIpc) is 2.51. The van der Waals surface area contributed by atoms with Crippen LogP contribution in [0, 0.1) is 0 Å². The van der Waals surface area contributed by atoms with Crippen molar-refractivity contribution >= 4 is 21.8 Å². The molecule has 0 fully saturated rings. The zero-order chi connectivity index (χ0) is 15.0. The van der Waals surface area contributed by atoms with Gasteiger partial charge in [0.1, 0.15) is 5.75 Å². The van der Waals surface area contributed by atoms with Gasteiger partial charge in [-0.2, -0.15) is 0 Å². The van der Waals surface area contributed by atoms with Crippen LogP contribution in [0.5, 0.6) is 5.75 Å². The molecule has 0 spiro atoms. The zero-order valence-electron chi connectivity index (χ0n) is 12.5. The molecule has 0 saturated carbocycles. The van der Waals surface area contributed by atoms with Crippen molar-refractivity contribution in [2.45, 2.75) is 45.1 Å². The number of benzene rings is 1.